The van der Waals surface area contributed by atoms with Crippen LogP contribution in [0, 0.1) is 0 Å². The fourth-order valence-electron chi connectivity index (χ4n) is 3.77. The van der Waals surface area contributed by atoms with Crippen molar-refractivity contribution in [2.24, 2.45) is 4.99 Å². The van der Waals surface area contributed by atoms with Gasteiger partial charge in [0.1, 0.15) is 5.75 Å². The zero-order valence-corrected chi connectivity index (χ0v) is 16.2. The Bertz CT molecular complexity index is 867. The van der Waals surface area contributed by atoms with E-state index in [0.29, 0.717) is 0 Å². The van der Waals surface area contributed by atoms with Gasteiger partial charge in [0, 0.05) is 32.0 Å². The number of carbonyl (C=O) groups is 2. The molecular weight excluding hydrogens is 360 g/mol. The zero-order chi connectivity index (χ0) is 19.8. The van der Waals surface area contributed by atoms with Crippen LogP contribution in [0.3, 0.4) is 0 Å². The predicted octanol–water partition coefficient (Wildman–Crippen LogP) is 1.22. The molecule has 3 aliphatic heterocycles. The van der Waals surface area contributed by atoms with Crippen molar-refractivity contribution in [3.05, 3.63) is 36.2 Å². The number of aliphatic imine (C=N–C) groups is 1. The smallest absolute Gasteiger partial charge is 0.325 e. The van der Waals surface area contributed by atoms with Crippen LogP contribution in [-0.2, 0) is 4.79 Å². The van der Waals surface area contributed by atoms with Crippen LogP contribution in [0.15, 0.2) is 41.2 Å². The van der Waals surface area contributed by atoms with Crippen LogP contribution in [0.1, 0.15) is 13.3 Å². The van der Waals surface area contributed by atoms with Gasteiger partial charge in [-0.05, 0) is 25.5 Å². The van der Waals surface area contributed by atoms with E-state index >= 15 is 0 Å². The van der Waals surface area contributed by atoms with E-state index in [2.05, 4.69) is 20.5 Å². The molecule has 1 aromatic carbocycles. The van der Waals surface area contributed by atoms with Gasteiger partial charge in [0.2, 0.25) is 5.96 Å². The number of carbonyl (C=O) groups excluding carboxylic acids is 2. The molecule has 3 amide bonds. The molecule has 0 saturated carbocycles. The lowest BCUT2D eigenvalue weighted by atomic mass is 10.1. The number of benzene rings is 1. The van der Waals surface area contributed by atoms with Crippen molar-refractivity contribution in [2.45, 2.75) is 25.6 Å². The topological polar surface area (TPSA) is 89.5 Å². The van der Waals surface area contributed by atoms with E-state index in [4.69, 9.17) is 4.74 Å². The van der Waals surface area contributed by atoms with Crippen LogP contribution in [-0.4, -0.2) is 72.1 Å². The van der Waals surface area contributed by atoms with Crippen LogP contribution in [0.2, 0.25) is 0 Å². The molecule has 0 aliphatic carbocycles. The minimum atomic E-state index is -0.510. The molecule has 9 nitrogen and oxygen atoms in total. The third-order valence-corrected chi connectivity index (χ3v) is 5.25. The molecule has 2 N–H and O–H groups in total. The van der Waals surface area contributed by atoms with Crippen LogP contribution in [0.4, 0.5) is 10.5 Å². The molecule has 28 heavy (non-hydrogen) atoms. The van der Waals surface area contributed by atoms with Crippen molar-refractivity contribution in [3.8, 4) is 5.75 Å². The number of allylic oxidation sites excluding steroid dienone is 1. The van der Waals surface area contributed by atoms with E-state index in [1.165, 1.54) is 4.90 Å². The number of rotatable bonds is 6. The number of ether oxygens (including phenoxy) is 1. The molecule has 2 unspecified atom stereocenters. The van der Waals surface area contributed by atoms with Crippen molar-refractivity contribution < 1.29 is 14.3 Å². The average Bonchev–Trinajstić information content (AvgIpc) is 3.19. The number of amides is 3. The number of para-hydroxylation sites is 2. The van der Waals surface area contributed by atoms with Crippen LogP contribution in [0.25, 0.3) is 0 Å². The quantitative estimate of drug-likeness (QED) is 0.717. The summed E-state index contributed by atoms with van der Waals surface area (Å²) in [5.41, 5.74) is 1.99. The Morgan fingerprint density at radius 2 is 2.07 bits per heavy atom. The highest BCUT2D eigenvalue weighted by atomic mass is 16.5. The molecule has 0 radical (unpaired) electrons. The van der Waals surface area contributed by atoms with E-state index < -0.39 is 18.2 Å². The third-order valence-electron chi connectivity index (χ3n) is 5.25. The van der Waals surface area contributed by atoms with Gasteiger partial charge in [-0.3, -0.25) is 10.1 Å². The first-order valence-electron chi connectivity index (χ1n) is 9.28. The zero-order valence-electron chi connectivity index (χ0n) is 16.2. The van der Waals surface area contributed by atoms with Crippen molar-refractivity contribution >= 4 is 23.6 Å². The number of methoxy groups -OCH3 is 1. The third kappa shape index (κ3) is 2.92. The normalized spacial score (nSPS) is 23.2. The highest BCUT2D eigenvalue weighted by Crippen LogP contribution is 2.31. The number of hydrogen-bond donors (Lipinski definition) is 2. The lowest BCUT2D eigenvalue weighted by molar-refractivity contribution is -0.126. The van der Waals surface area contributed by atoms with Gasteiger partial charge >= 0.3 is 6.03 Å². The number of likely N-dealkylation sites (N-methyl/N-ethyl adjacent to an activating group) is 1. The molecule has 3 aliphatic rings. The summed E-state index contributed by atoms with van der Waals surface area (Å²) in [5, 5.41) is 5.78. The maximum atomic E-state index is 12.3. The minimum Gasteiger partial charge on any atom is -0.495 e. The van der Waals surface area contributed by atoms with Crippen molar-refractivity contribution in [2.75, 3.05) is 32.6 Å². The second-order valence-electron chi connectivity index (χ2n) is 7.00. The molecule has 1 fully saturated rings. The van der Waals surface area contributed by atoms with E-state index in [1.54, 1.807) is 14.2 Å². The van der Waals surface area contributed by atoms with Gasteiger partial charge in [-0.25, -0.2) is 9.79 Å². The van der Waals surface area contributed by atoms with Gasteiger partial charge in [-0.1, -0.05) is 12.1 Å². The molecule has 4 rings (SSSR count). The average molecular weight is 384 g/mol. The molecule has 0 spiro atoms. The summed E-state index contributed by atoms with van der Waals surface area (Å²) in [6.07, 6.45) is 2.31. The molecule has 148 valence electrons. The predicted molar refractivity (Wildman–Crippen MR) is 105 cm³/mol. The number of fused-ring (bicyclic) bond motifs is 3. The largest absolute Gasteiger partial charge is 0.495 e. The molecule has 3 heterocycles. The molecule has 2 atom stereocenters. The Kier molecular flexibility index (Phi) is 4.58. The first kappa shape index (κ1) is 18.1. The van der Waals surface area contributed by atoms with Crippen LogP contribution < -0.4 is 15.4 Å². The molecule has 0 bridgehead atoms. The number of nitrogens with one attached hydrogen (secondary N) is 2. The second kappa shape index (κ2) is 7.06. The molecule has 1 aromatic rings. The summed E-state index contributed by atoms with van der Waals surface area (Å²) in [7, 11) is 3.31. The first-order chi connectivity index (χ1) is 13.5. The van der Waals surface area contributed by atoms with E-state index in [-0.39, 0.29) is 5.91 Å². The van der Waals surface area contributed by atoms with E-state index in [1.807, 2.05) is 42.3 Å². The number of anilines is 1. The summed E-state index contributed by atoms with van der Waals surface area (Å²) < 4.78 is 5.35. The monoisotopic (exact) mass is 384 g/mol. The van der Waals surface area contributed by atoms with Crippen LogP contribution in [0.5, 0.6) is 5.75 Å². The standard InChI is InChI=1S/C19H24N6O3/c1-12-11-25-15-16(23(2)19(27)22-17(15)26)21-18(25)24(12)10-6-9-20-13-7-4-5-8-14(13)28-3/h4-5,7-8,11,15-16,20H,6,9-10H2,1-3H3,(H,22,26,27). The Balaban J connectivity index is 1.40. The Morgan fingerprint density at radius 3 is 2.86 bits per heavy atom. The first-order valence-corrected chi connectivity index (χ1v) is 9.28. The van der Waals surface area contributed by atoms with Gasteiger partial charge in [0.05, 0.1) is 12.8 Å². The van der Waals surface area contributed by atoms with Gasteiger partial charge in [0.15, 0.2) is 12.2 Å². The van der Waals surface area contributed by atoms with Crippen molar-refractivity contribution in [3.63, 3.8) is 0 Å². The summed E-state index contributed by atoms with van der Waals surface area (Å²) in [5.74, 6) is 1.23. The van der Waals surface area contributed by atoms with Gasteiger partial charge in [-0.2, -0.15) is 0 Å². The summed E-state index contributed by atoms with van der Waals surface area (Å²) in [6.45, 7) is 3.51. The number of hydrogen-bond acceptors (Lipinski definition) is 7. The fourth-order valence-corrected chi connectivity index (χ4v) is 3.77. The number of guanidine groups is 1. The van der Waals surface area contributed by atoms with Gasteiger partial charge in [-0.15, -0.1) is 0 Å². The van der Waals surface area contributed by atoms with E-state index in [9.17, 15) is 9.59 Å². The Hall–Kier alpha value is -3.23. The number of imide groups is 1. The van der Waals surface area contributed by atoms with Gasteiger partial charge in [0.25, 0.3) is 5.91 Å². The maximum Gasteiger partial charge on any atom is 0.325 e. The highest BCUT2D eigenvalue weighted by molar-refractivity contribution is 6.04. The molecule has 0 aromatic heterocycles. The molecule has 1 saturated heterocycles. The SMILES string of the molecule is COc1ccccc1NCCCN1C(C)=CN2C1=NC1C2C(=O)NC(=O)N1C. The highest BCUT2D eigenvalue weighted by Gasteiger charge is 2.51. The second-order valence-corrected chi connectivity index (χ2v) is 7.00. The molecule has 9 heteroatoms. The fraction of sp³-hybridized carbons (Fsp3) is 0.421. The minimum absolute atomic E-state index is 0.310. The lowest BCUT2D eigenvalue weighted by Gasteiger charge is -2.34. The Labute approximate surface area is 163 Å². The number of urea groups is 1. The van der Waals surface area contributed by atoms with Crippen LogP contribution >= 0.6 is 0 Å². The van der Waals surface area contributed by atoms with Gasteiger partial charge < -0.3 is 24.8 Å². The summed E-state index contributed by atoms with van der Waals surface area (Å²) >= 11 is 0. The van der Waals surface area contributed by atoms with Crippen molar-refractivity contribution in [1.29, 1.82) is 0 Å². The Morgan fingerprint density at radius 1 is 1.29 bits per heavy atom. The maximum absolute atomic E-state index is 12.3. The van der Waals surface area contributed by atoms with Crippen molar-refractivity contribution in [1.82, 2.24) is 20.0 Å². The lowest BCUT2D eigenvalue weighted by Crippen LogP contribution is -2.62. The summed E-state index contributed by atoms with van der Waals surface area (Å²) in [6, 6.07) is 6.89. The summed E-state index contributed by atoms with van der Waals surface area (Å²) in [4.78, 5) is 34.3. The molecular formula is C19H24N6O3. The van der Waals surface area contributed by atoms with E-state index in [0.717, 1.165) is 42.6 Å². The number of nitrogens with zero attached hydrogens (tertiary/aromatic N) is 4.